The molecule has 23 heavy (non-hydrogen) atoms. The van der Waals surface area contributed by atoms with E-state index in [0.29, 0.717) is 11.3 Å². The van der Waals surface area contributed by atoms with Gasteiger partial charge in [0.2, 0.25) is 5.95 Å². The summed E-state index contributed by atoms with van der Waals surface area (Å²) in [6, 6.07) is 6.65. The first-order chi connectivity index (χ1) is 10.6. The minimum Gasteiger partial charge on any atom is -0.324 e. The minimum absolute atomic E-state index is 0.220. The number of anilines is 2. The largest absolute Gasteiger partial charge is 0.433 e. The fraction of sp³-hybridized carbons (Fsp3) is 0.286. The molecule has 1 N–H and O–H groups in total. The quantitative estimate of drug-likeness (QED) is 0.821. The van der Waals surface area contributed by atoms with Gasteiger partial charge < -0.3 is 5.32 Å². The van der Waals surface area contributed by atoms with E-state index in [-0.39, 0.29) is 12.4 Å². The summed E-state index contributed by atoms with van der Waals surface area (Å²) in [6.07, 6.45) is -9.12. The highest BCUT2D eigenvalue weighted by Crippen LogP contribution is 2.28. The van der Waals surface area contributed by atoms with Crippen molar-refractivity contribution >= 4 is 11.6 Å². The summed E-state index contributed by atoms with van der Waals surface area (Å²) < 4.78 is 74.3. The molecule has 2 rings (SSSR count). The molecule has 0 aliphatic rings. The first kappa shape index (κ1) is 17.0. The van der Waals surface area contributed by atoms with Crippen molar-refractivity contribution in [2.45, 2.75) is 25.2 Å². The maximum atomic E-state index is 12.6. The second kappa shape index (κ2) is 6.43. The standard InChI is InChI=1S/C14H11F6N3/c15-13(16,17)6-4-9-2-1-3-10(8-9)22-12-21-7-5-11(23-12)14(18,19)20/h1-3,5,7-8H,4,6H2,(H,21,22,23). The molecular weight excluding hydrogens is 324 g/mol. The zero-order chi connectivity index (χ0) is 17.1. The Hall–Kier alpha value is -2.32. The summed E-state index contributed by atoms with van der Waals surface area (Å²) >= 11 is 0. The van der Waals surface area contributed by atoms with E-state index in [0.717, 1.165) is 12.3 Å². The van der Waals surface area contributed by atoms with E-state index in [1.165, 1.54) is 24.3 Å². The van der Waals surface area contributed by atoms with Gasteiger partial charge in [-0.05, 0) is 30.2 Å². The Morgan fingerprint density at radius 2 is 1.74 bits per heavy atom. The number of aryl methyl sites for hydroxylation is 1. The Balaban J connectivity index is 2.12. The van der Waals surface area contributed by atoms with E-state index in [2.05, 4.69) is 15.3 Å². The van der Waals surface area contributed by atoms with Crippen molar-refractivity contribution in [3.8, 4) is 0 Å². The predicted octanol–water partition coefficient (Wildman–Crippen LogP) is 4.73. The highest BCUT2D eigenvalue weighted by atomic mass is 19.4. The molecular formula is C14H11F6N3. The van der Waals surface area contributed by atoms with Crippen LogP contribution >= 0.6 is 0 Å². The Morgan fingerprint density at radius 3 is 2.39 bits per heavy atom. The molecule has 0 spiro atoms. The lowest BCUT2D eigenvalue weighted by Crippen LogP contribution is -2.10. The molecule has 1 aromatic carbocycles. The first-order valence-corrected chi connectivity index (χ1v) is 6.46. The summed E-state index contributed by atoms with van der Waals surface area (Å²) in [5, 5.41) is 2.55. The Labute approximate surface area is 127 Å². The Bertz CT molecular complexity index is 666. The highest BCUT2D eigenvalue weighted by molar-refractivity contribution is 5.54. The smallest absolute Gasteiger partial charge is 0.324 e. The number of nitrogens with zero attached hydrogens (tertiary/aromatic N) is 2. The number of hydrogen-bond acceptors (Lipinski definition) is 3. The van der Waals surface area contributed by atoms with Crippen LogP contribution in [0.2, 0.25) is 0 Å². The van der Waals surface area contributed by atoms with Gasteiger partial charge in [-0.25, -0.2) is 9.97 Å². The number of benzene rings is 1. The molecule has 0 amide bonds. The summed E-state index contributed by atoms with van der Waals surface area (Å²) in [6.45, 7) is 0. The SMILES string of the molecule is FC(F)(F)CCc1cccc(Nc2nccc(C(F)(F)F)n2)c1. The van der Waals surface area contributed by atoms with Crippen LogP contribution in [0.1, 0.15) is 17.7 Å². The lowest BCUT2D eigenvalue weighted by molar-refractivity contribution is -0.141. The molecule has 124 valence electrons. The maximum absolute atomic E-state index is 12.6. The van der Waals surface area contributed by atoms with Crippen LogP contribution in [-0.2, 0) is 12.6 Å². The van der Waals surface area contributed by atoms with Crippen molar-refractivity contribution in [1.29, 1.82) is 0 Å². The molecule has 0 unspecified atom stereocenters. The van der Waals surface area contributed by atoms with Gasteiger partial charge in [-0.1, -0.05) is 12.1 Å². The molecule has 2 aromatic rings. The van der Waals surface area contributed by atoms with Crippen LogP contribution in [0.25, 0.3) is 0 Å². The van der Waals surface area contributed by atoms with Gasteiger partial charge in [0.25, 0.3) is 0 Å². The van der Waals surface area contributed by atoms with E-state index in [1.807, 2.05) is 0 Å². The number of nitrogens with one attached hydrogen (secondary N) is 1. The number of hydrogen-bond donors (Lipinski definition) is 1. The van der Waals surface area contributed by atoms with Gasteiger partial charge >= 0.3 is 12.4 Å². The van der Waals surface area contributed by atoms with Crippen LogP contribution in [0.3, 0.4) is 0 Å². The highest BCUT2D eigenvalue weighted by Gasteiger charge is 2.32. The van der Waals surface area contributed by atoms with Gasteiger partial charge in [0, 0.05) is 18.3 Å². The van der Waals surface area contributed by atoms with Crippen LogP contribution in [0.15, 0.2) is 36.5 Å². The Kier molecular flexibility index (Phi) is 4.76. The maximum Gasteiger partial charge on any atom is 0.433 e. The van der Waals surface area contributed by atoms with E-state index in [9.17, 15) is 26.3 Å². The average Bonchev–Trinajstić information content (AvgIpc) is 2.44. The summed E-state index contributed by atoms with van der Waals surface area (Å²) in [5.74, 6) is -0.284. The predicted molar refractivity (Wildman–Crippen MR) is 71.1 cm³/mol. The van der Waals surface area contributed by atoms with Crippen molar-refractivity contribution in [1.82, 2.24) is 9.97 Å². The average molecular weight is 335 g/mol. The van der Waals surface area contributed by atoms with Crippen LogP contribution in [0.4, 0.5) is 38.0 Å². The number of halogens is 6. The van der Waals surface area contributed by atoms with Crippen molar-refractivity contribution in [3.63, 3.8) is 0 Å². The second-order valence-electron chi connectivity index (χ2n) is 4.70. The third kappa shape index (κ3) is 5.42. The molecule has 0 fully saturated rings. The molecule has 3 nitrogen and oxygen atoms in total. The van der Waals surface area contributed by atoms with Gasteiger partial charge in [-0.2, -0.15) is 26.3 Å². The molecule has 0 saturated carbocycles. The van der Waals surface area contributed by atoms with Crippen LogP contribution in [0, 0.1) is 0 Å². The number of rotatable bonds is 4. The molecule has 0 bridgehead atoms. The van der Waals surface area contributed by atoms with Crippen LogP contribution in [0.5, 0.6) is 0 Å². The molecule has 0 atom stereocenters. The van der Waals surface area contributed by atoms with E-state index in [1.54, 1.807) is 0 Å². The lowest BCUT2D eigenvalue weighted by atomic mass is 10.1. The van der Waals surface area contributed by atoms with Crippen LogP contribution < -0.4 is 5.32 Å². The van der Waals surface area contributed by atoms with Crippen molar-refractivity contribution in [2.24, 2.45) is 0 Å². The van der Waals surface area contributed by atoms with Crippen molar-refractivity contribution in [3.05, 3.63) is 47.8 Å². The second-order valence-corrected chi connectivity index (χ2v) is 4.70. The first-order valence-electron chi connectivity index (χ1n) is 6.46. The number of aromatic nitrogens is 2. The summed E-state index contributed by atoms with van der Waals surface area (Å²) in [4.78, 5) is 6.99. The molecule has 1 aromatic heterocycles. The van der Waals surface area contributed by atoms with E-state index >= 15 is 0 Å². The monoisotopic (exact) mass is 335 g/mol. The molecule has 1 heterocycles. The van der Waals surface area contributed by atoms with Gasteiger partial charge in [0.1, 0.15) is 5.69 Å². The molecule has 9 heteroatoms. The molecule has 0 aliphatic heterocycles. The minimum atomic E-state index is -4.60. The third-order valence-electron chi connectivity index (χ3n) is 2.83. The van der Waals surface area contributed by atoms with Crippen LogP contribution in [-0.4, -0.2) is 16.1 Å². The molecule has 0 aliphatic carbocycles. The van der Waals surface area contributed by atoms with Crippen molar-refractivity contribution < 1.29 is 26.3 Å². The normalized spacial score (nSPS) is 12.3. The van der Waals surface area contributed by atoms with Gasteiger partial charge in [0.05, 0.1) is 0 Å². The van der Waals surface area contributed by atoms with Gasteiger partial charge in [-0.3, -0.25) is 0 Å². The topological polar surface area (TPSA) is 37.8 Å². The zero-order valence-electron chi connectivity index (χ0n) is 11.5. The zero-order valence-corrected chi connectivity index (χ0v) is 11.5. The number of alkyl halides is 6. The molecule has 0 saturated heterocycles. The van der Waals surface area contributed by atoms with E-state index < -0.39 is 24.5 Å². The third-order valence-corrected chi connectivity index (χ3v) is 2.83. The Morgan fingerprint density at radius 1 is 1.00 bits per heavy atom. The molecule has 0 radical (unpaired) electrons. The lowest BCUT2D eigenvalue weighted by Gasteiger charge is -2.10. The fourth-order valence-electron chi connectivity index (χ4n) is 1.80. The van der Waals surface area contributed by atoms with Crippen molar-refractivity contribution in [2.75, 3.05) is 5.32 Å². The van der Waals surface area contributed by atoms with Gasteiger partial charge in [0.15, 0.2) is 0 Å². The summed E-state index contributed by atoms with van der Waals surface area (Å²) in [7, 11) is 0. The summed E-state index contributed by atoms with van der Waals surface area (Å²) in [5.41, 5.74) is -0.397. The van der Waals surface area contributed by atoms with E-state index in [4.69, 9.17) is 0 Å². The van der Waals surface area contributed by atoms with Gasteiger partial charge in [-0.15, -0.1) is 0 Å². The fourth-order valence-corrected chi connectivity index (χ4v) is 1.80.